The second-order valence-corrected chi connectivity index (χ2v) is 4.77. The lowest BCUT2D eigenvalue weighted by molar-refractivity contribution is -0.138. The van der Waals surface area contributed by atoms with Crippen LogP contribution in [0.4, 0.5) is 0 Å². The number of carboxylic acid groups (broad SMARTS) is 1. The predicted molar refractivity (Wildman–Crippen MR) is 83.4 cm³/mol. The molecule has 0 amide bonds. The highest BCUT2D eigenvalue weighted by atomic mass is 16.5. The smallest absolute Gasteiger partial charge is 0.336 e. The molecule has 0 spiro atoms. The molecule has 22 heavy (non-hydrogen) atoms. The molecular weight excluding hydrogens is 280 g/mol. The zero-order valence-electron chi connectivity index (χ0n) is 12.2. The van der Waals surface area contributed by atoms with Crippen molar-refractivity contribution in [1.82, 2.24) is 0 Å². The monoisotopic (exact) mass is 296 g/mol. The molecule has 4 nitrogen and oxygen atoms in total. The van der Waals surface area contributed by atoms with Crippen LogP contribution in [-0.4, -0.2) is 17.0 Å². The van der Waals surface area contributed by atoms with E-state index in [1.165, 1.54) is 12.2 Å². The number of carbonyl (C=O) groups excluding carboxylic acids is 1. The number of carboxylic acids is 1. The summed E-state index contributed by atoms with van der Waals surface area (Å²) in [6.07, 6.45) is 2.70. The summed E-state index contributed by atoms with van der Waals surface area (Å²) in [5, 5.41) is 9.21. The molecule has 0 saturated heterocycles. The van der Waals surface area contributed by atoms with Crippen molar-refractivity contribution in [3.8, 4) is 0 Å². The van der Waals surface area contributed by atoms with Crippen LogP contribution in [0.2, 0.25) is 0 Å². The number of hydrogen-bond acceptors (Lipinski definition) is 3. The van der Waals surface area contributed by atoms with E-state index in [9.17, 15) is 14.7 Å². The fourth-order valence-electron chi connectivity index (χ4n) is 2.06. The predicted octanol–water partition coefficient (Wildman–Crippen LogP) is 3.45. The van der Waals surface area contributed by atoms with Crippen molar-refractivity contribution in [1.29, 1.82) is 0 Å². The number of ether oxygens (including phenoxy) is 1. The van der Waals surface area contributed by atoms with E-state index in [2.05, 4.69) is 0 Å². The number of aryl methyl sites for hydroxylation is 1. The van der Waals surface area contributed by atoms with E-state index in [1.54, 1.807) is 25.1 Å². The van der Waals surface area contributed by atoms with Gasteiger partial charge < -0.3 is 9.84 Å². The van der Waals surface area contributed by atoms with Crippen LogP contribution in [0.15, 0.2) is 54.6 Å². The van der Waals surface area contributed by atoms with Crippen molar-refractivity contribution in [3.63, 3.8) is 0 Å². The van der Waals surface area contributed by atoms with Gasteiger partial charge in [0.25, 0.3) is 0 Å². The molecule has 0 bridgehead atoms. The number of esters is 1. The fraction of sp³-hybridized carbons (Fsp3) is 0.111. The molecule has 1 N–H and O–H groups in total. The zero-order chi connectivity index (χ0) is 15.9. The molecule has 0 aliphatic rings. The average Bonchev–Trinajstić information content (AvgIpc) is 2.51. The fourth-order valence-corrected chi connectivity index (χ4v) is 2.06. The van der Waals surface area contributed by atoms with E-state index >= 15 is 0 Å². The van der Waals surface area contributed by atoms with Crippen LogP contribution in [0, 0.1) is 6.92 Å². The van der Waals surface area contributed by atoms with Gasteiger partial charge in [-0.15, -0.1) is 0 Å². The van der Waals surface area contributed by atoms with E-state index < -0.39 is 11.9 Å². The molecule has 0 saturated carbocycles. The largest absolute Gasteiger partial charge is 0.478 e. The van der Waals surface area contributed by atoms with Gasteiger partial charge in [-0.1, -0.05) is 48.5 Å². The SMILES string of the molecule is Cc1cccc(/C=C/C(=O)OCc2ccccc2)c1C(=O)O. The zero-order valence-corrected chi connectivity index (χ0v) is 12.2. The van der Waals surface area contributed by atoms with Crippen LogP contribution in [0.1, 0.15) is 27.0 Å². The Morgan fingerprint density at radius 3 is 2.50 bits per heavy atom. The summed E-state index contributed by atoms with van der Waals surface area (Å²) in [5.74, 6) is -1.53. The Labute approximate surface area is 128 Å². The molecule has 0 heterocycles. The molecule has 0 aliphatic heterocycles. The number of benzene rings is 2. The van der Waals surface area contributed by atoms with Crippen LogP contribution in [0.3, 0.4) is 0 Å². The second kappa shape index (κ2) is 7.22. The van der Waals surface area contributed by atoms with Crippen molar-refractivity contribution in [2.75, 3.05) is 0 Å². The van der Waals surface area contributed by atoms with Crippen molar-refractivity contribution in [2.24, 2.45) is 0 Å². The maximum absolute atomic E-state index is 11.7. The molecule has 0 radical (unpaired) electrons. The quantitative estimate of drug-likeness (QED) is 0.678. The van der Waals surface area contributed by atoms with E-state index in [-0.39, 0.29) is 12.2 Å². The Morgan fingerprint density at radius 2 is 1.82 bits per heavy atom. The first-order valence-corrected chi connectivity index (χ1v) is 6.79. The van der Waals surface area contributed by atoms with Crippen molar-refractivity contribution in [2.45, 2.75) is 13.5 Å². The summed E-state index contributed by atoms with van der Waals surface area (Å²) in [7, 11) is 0. The van der Waals surface area contributed by atoms with Gasteiger partial charge in [0.2, 0.25) is 0 Å². The first-order valence-electron chi connectivity index (χ1n) is 6.79. The molecule has 0 fully saturated rings. The van der Waals surface area contributed by atoms with Gasteiger partial charge in [0, 0.05) is 6.08 Å². The number of rotatable bonds is 5. The maximum atomic E-state index is 11.7. The van der Waals surface area contributed by atoms with E-state index in [0.717, 1.165) is 5.56 Å². The Morgan fingerprint density at radius 1 is 1.09 bits per heavy atom. The summed E-state index contributed by atoms with van der Waals surface area (Å²) < 4.78 is 5.11. The molecule has 0 atom stereocenters. The van der Waals surface area contributed by atoms with Crippen molar-refractivity contribution in [3.05, 3.63) is 76.9 Å². The van der Waals surface area contributed by atoms with Gasteiger partial charge in [-0.2, -0.15) is 0 Å². The highest BCUT2D eigenvalue weighted by molar-refractivity contribution is 5.96. The lowest BCUT2D eigenvalue weighted by Crippen LogP contribution is -2.04. The van der Waals surface area contributed by atoms with Gasteiger partial charge in [0.15, 0.2) is 0 Å². The van der Waals surface area contributed by atoms with Gasteiger partial charge in [-0.3, -0.25) is 0 Å². The van der Waals surface area contributed by atoms with Crippen LogP contribution < -0.4 is 0 Å². The topological polar surface area (TPSA) is 63.6 Å². The van der Waals surface area contributed by atoms with Crippen LogP contribution in [0.25, 0.3) is 6.08 Å². The van der Waals surface area contributed by atoms with Gasteiger partial charge in [0.1, 0.15) is 6.61 Å². The number of hydrogen-bond donors (Lipinski definition) is 1. The molecule has 112 valence electrons. The molecule has 0 unspecified atom stereocenters. The minimum Gasteiger partial charge on any atom is -0.478 e. The van der Waals surface area contributed by atoms with Gasteiger partial charge in [-0.25, -0.2) is 9.59 Å². The Hall–Kier alpha value is -2.88. The van der Waals surface area contributed by atoms with Crippen LogP contribution in [0.5, 0.6) is 0 Å². The highest BCUT2D eigenvalue weighted by Crippen LogP contribution is 2.16. The van der Waals surface area contributed by atoms with E-state index in [1.807, 2.05) is 30.3 Å². The first kappa shape index (κ1) is 15.5. The van der Waals surface area contributed by atoms with Crippen LogP contribution in [-0.2, 0) is 16.1 Å². The molecule has 2 rings (SSSR count). The highest BCUT2D eigenvalue weighted by Gasteiger charge is 2.11. The third kappa shape index (κ3) is 4.06. The first-order chi connectivity index (χ1) is 10.6. The molecule has 2 aromatic rings. The van der Waals surface area contributed by atoms with Gasteiger partial charge >= 0.3 is 11.9 Å². The molecule has 2 aromatic carbocycles. The average molecular weight is 296 g/mol. The minimum absolute atomic E-state index is 0.184. The van der Waals surface area contributed by atoms with Crippen LogP contribution >= 0.6 is 0 Å². The lowest BCUT2D eigenvalue weighted by atomic mass is 10.0. The number of carbonyl (C=O) groups is 2. The molecule has 0 aliphatic carbocycles. The molecular formula is C18H16O4. The Bertz CT molecular complexity index is 702. The summed E-state index contributed by atoms with van der Waals surface area (Å²) in [6, 6.07) is 14.5. The summed E-state index contributed by atoms with van der Waals surface area (Å²) in [5.41, 5.74) is 2.21. The summed E-state index contributed by atoms with van der Waals surface area (Å²) in [6.45, 7) is 1.90. The Kier molecular flexibility index (Phi) is 5.09. The summed E-state index contributed by atoms with van der Waals surface area (Å²) in [4.78, 5) is 22.9. The minimum atomic E-state index is -1.02. The lowest BCUT2D eigenvalue weighted by Gasteiger charge is -2.05. The third-order valence-electron chi connectivity index (χ3n) is 3.14. The maximum Gasteiger partial charge on any atom is 0.336 e. The second-order valence-electron chi connectivity index (χ2n) is 4.77. The van der Waals surface area contributed by atoms with E-state index in [4.69, 9.17) is 4.74 Å². The third-order valence-corrected chi connectivity index (χ3v) is 3.14. The standard InChI is InChI=1S/C18H16O4/c1-13-6-5-9-15(17(13)18(20)21)10-11-16(19)22-12-14-7-3-2-4-8-14/h2-11H,12H2,1H3,(H,20,21)/b11-10+. The molecule has 4 heteroatoms. The van der Waals surface area contributed by atoms with Gasteiger partial charge in [-0.05, 0) is 29.7 Å². The van der Waals surface area contributed by atoms with Crippen molar-refractivity contribution < 1.29 is 19.4 Å². The number of aromatic carboxylic acids is 1. The van der Waals surface area contributed by atoms with Crippen molar-refractivity contribution >= 4 is 18.0 Å². The normalized spacial score (nSPS) is 10.6. The van der Waals surface area contributed by atoms with E-state index in [0.29, 0.717) is 11.1 Å². The molecule has 0 aromatic heterocycles. The Balaban J connectivity index is 2.04. The summed E-state index contributed by atoms with van der Waals surface area (Å²) >= 11 is 0. The van der Waals surface area contributed by atoms with Gasteiger partial charge in [0.05, 0.1) is 5.56 Å².